The number of fused-ring (bicyclic) bond motifs is 1. The van der Waals surface area contributed by atoms with Crippen LogP contribution < -0.4 is 9.47 Å². The molecule has 0 radical (unpaired) electrons. The van der Waals surface area contributed by atoms with Gasteiger partial charge in [-0.15, -0.1) is 18.3 Å². The zero-order valence-electron chi connectivity index (χ0n) is 15.2. The van der Waals surface area contributed by atoms with Crippen molar-refractivity contribution >= 4 is 5.65 Å². The summed E-state index contributed by atoms with van der Waals surface area (Å²) in [6.45, 7) is 1.31. The van der Waals surface area contributed by atoms with E-state index in [0.29, 0.717) is 29.4 Å². The van der Waals surface area contributed by atoms with Crippen molar-refractivity contribution in [2.45, 2.75) is 19.3 Å². The van der Waals surface area contributed by atoms with Crippen LogP contribution in [0.2, 0.25) is 0 Å². The largest absolute Gasteiger partial charge is 0.573 e. The van der Waals surface area contributed by atoms with Gasteiger partial charge in [-0.2, -0.15) is 0 Å². The molecule has 0 aliphatic carbocycles. The summed E-state index contributed by atoms with van der Waals surface area (Å²) in [6, 6.07) is 13.1. The van der Waals surface area contributed by atoms with Crippen LogP contribution in [0.4, 0.5) is 13.2 Å². The number of nitrogens with zero attached hydrogens (tertiary/aromatic N) is 4. The van der Waals surface area contributed by atoms with Crippen LogP contribution in [0.15, 0.2) is 67.1 Å². The second-order valence-electron chi connectivity index (χ2n) is 6.28. The average Bonchev–Trinajstić information content (AvgIpc) is 3.33. The molecule has 9 heteroatoms. The van der Waals surface area contributed by atoms with Gasteiger partial charge in [-0.05, 0) is 36.8 Å². The molecular formula is C20H17F3N4O2. The van der Waals surface area contributed by atoms with Crippen LogP contribution in [0.5, 0.6) is 11.6 Å². The van der Waals surface area contributed by atoms with Gasteiger partial charge in [0.1, 0.15) is 5.75 Å². The van der Waals surface area contributed by atoms with Crippen LogP contribution in [0, 0.1) is 0 Å². The van der Waals surface area contributed by atoms with Gasteiger partial charge in [0, 0.05) is 30.6 Å². The molecule has 0 bridgehead atoms. The molecule has 0 saturated carbocycles. The van der Waals surface area contributed by atoms with Gasteiger partial charge in [0.15, 0.2) is 5.65 Å². The fourth-order valence-electron chi connectivity index (χ4n) is 2.93. The molecule has 0 aliphatic heterocycles. The molecule has 0 amide bonds. The number of ether oxygens (including phenoxy) is 2. The first-order valence-corrected chi connectivity index (χ1v) is 8.92. The van der Waals surface area contributed by atoms with Gasteiger partial charge in [0.25, 0.3) is 0 Å². The molecule has 0 unspecified atom stereocenters. The van der Waals surface area contributed by atoms with Crippen molar-refractivity contribution in [2.24, 2.45) is 0 Å². The van der Waals surface area contributed by atoms with Gasteiger partial charge in [-0.25, -0.2) is 9.50 Å². The zero-order chi connectivity index (χ0) is 20.3. The molecule has 0 saturated heterocycles. The predicted octanol–water partition coefficient (Wildman–Crippen LogP) is 4.57. The molecule has 0 aliphatic rings. The van der Waals surface area contributed by atoms with E-state index in [-0.39, 0.29) is 5.75 Å². The summed E-state index contributed by atoms with van der Waals surface area (Å²) in [5, 5.41) is 4.41. The number of hydrogen-bond donors (Lipinski definition) is 0. The standard InChI is InChI=1S/C20H17F3N4O2/c21-20(22,23)29-16-6-3-5-15(13-16)17-14-24-18-7-8-19(25-27(17)18)28-12-4-11-26-9-1-2-10-26/h1-3,5-10,13-14H,4,11-12H2. The number of alkyl halides is 3. The van der Waals surface area contributed by atoms with E-state index in [0.717, 1.165) is 13.0 Å². The molecule has 1 aromatic carbocycles. The first-order valence-electron chi connectivity index (χ1n) is 8.92. The van der Waals surface area contributed by atoms with Gasteiger partial charge in [0.2, 0.25) is 5.88 Å². The lowest BCUT2D eigenvalue weighted by Crippen LogP contribution is -2.17. The Kier molecular flexibility index (Phi) is 5.11. The van der Waals surface area contributed by atoms with Crippen LogP contribution in [0.25, 0.3) is 16.9 Å². The summed E-state index contributed by atoms with van der Waals surface area (Å²) in [7, 11) is 0. The molecule has 3 aromatic heterocycles. The summed E-state index contributed by atoms with van der Waals surface area (Å²) < 4.78 is 50.8. The van der Waals surface area contributed by atoms with Gasteiger partial charge in [-0.1, -0.05) is 12.1 Å². The summed E-state index contributed by atoms with van der Waals surface area (Å²) in [4.78, 5) is 4.25. The number of benzene rings is 1. The lowest BCUT2D eigenvalue weighted by atomic mass is 10.1. The lowest BCUT2D eigenvalue weighted by molar-refractivity contribution is -0.274. The highest BCUT2D eigenvalue weighted by molar-refractivity contribution is 5.64. The maximum absolute atomic E-state index is 12.5. The van der Waals surface area contributed by atoms with E-state index in [1.165, 1.54) is 22.7 Å². The first-order chi connectivity index (χ1) is 14.0. The molecule has 4 aromatic rings. The second-order valence-corrected chi connectivity index (χ2v) is 6.28. The molecule has 3 heterocycles. The van der Waals surface area contributed by atoms with Crippen LogP contribution in [0.1, 0.15) is 6.42 Å². The Morgan fingerprint density at radius 2 is 1.83 bits per heavy atom. The molecule has 29 heavy (non-hydrogen) atoms. The van der Waals surface area contributed by atoms with E-state index < -0.39 is 6.36 Å². The van der Waals surface area contributed by atoms with E-state index in [1.54, 1.807) is 24.4 Å². The minimum absolute atomic E-state index is 0.303. The number of aromatic nitrogens is 4. The average molecular weight is 402 g/mol. The number of rotatable bonds is 7. The predicted molar refractivity (Wildman–Crippen MR) is 99.7 cm³/mol. The summed E-state index contributed by atoms with van der Waals surface area (Å²) in [6.07, 6.45) is 1.57. The van der Waals surface area contributed by atoms with Gasteiger partial charge >= 0.3 is 6.36 Å². The van der Waals surface area contributed by atoms with Gasteiger partial charge in [0.05, 0.1) is 18.5 Å². The fraction of sp³-hybridized carbons (Fsp3) is 0.200. The van der Waals surface area contributed by atoms with E-state index in [9.17, 15) is 13.2 Å². The van der Waals surface area contributed by atoms with Crippen molar-refractivity contribution in [3.8, 4) is 22.9 Å². The maximum atomic E-state index is 12.5. The third-order valence-electron chi connectivity index (χ3n) is 4.18. The Morgan fingerprint density at radius 3 is 2.62 bits per heavy atom. The maximum Gasteiger partial charge on any atom is 0.573 e. The monoisotopic (exact) mass is 402 g/mol. The van der Waals surface area contributed by atoms with Crippen molar-refractivity contribution in [2.75, 3.05) is 6.61 Å². The van der Waals surface area contributed by atoms with Crippen LogP contribution in [-0.4, -0.2) is 32.1 Å². The molecule has 0 N–H and O–H groups in total. The number of halogens is 3. The van der Waals surface area contributed by atoms with Crippen molar-refractivity contribution in [3.05, 3.63) is 67.1 Å². The quantitative estimate of drug-likeness (QED) is 0.425. The third kappa shape index (κ3) is 4.68. The van der Waals surface area contributed by atoms with E-state index in [4.69, 9.17) is 4.74 Å². The van der Waals surface area contributed by atoms with Gasteiger partial charge < -0.3 is 14.0 Å². The first kappa shape index (κ1) is 18.9. The third-order valence-corrected chi connectivity index (χ3v) is 4.18. The van der Waals surface area contributed by atoms with Crippen molar-refractivity contribution in [3.63, 3.8) is 0 Å². The highest BCUT2D eigenvalue weighted by Crippen LogP contribution is 2.28. The second kappa shape index (κ2) is 7.86. The lowest BCUT2D eigenvalue weighted by Gasteiger charge is -2.10. The Morgan fingerprint density at radius 1 is 1.00 bits per heavy atom. The SMILES string of the molecule is FC(F)(F)Oc1cccc(-c2cnc3ccc(OCCCn4cccc4)nn23)c1. The minimum Gasteiger partial charge on any atom is -0.477 e. The van der Waals surface area contributed by atoms with Gasteiger partial charge in [-0.3, -0.25) is 0 Å². The minimum atomic E-state index is -4.75. The van der Waals surface area contributed by atoms with Crippen molar-refractivity contribution < 1.29 is 22.6 Å². The fourth-order valence-corrected chi connectivity index (χ4v) is 2.93. The van der Waals surface area contributed by atoms with Crippen molar-refractivity contribution in [1.82, 2.24) is 19.2 Å². The molecular weight excluding hydrogens is 385 g/mol. The highest BCUT2D eigenvalue weighted by atomic mass is 19.4. The molecule has 4 rings (SSSR count). The van der Waals surface area contributed by atoms with E-state index in [1.807, 2.05) is 24.5 Å². The topological polar surface area (TPSA) is 53.6 Å². The zero-order valence-corrected chi connectivity index (χ0v) is 15.2. The number of hydrogen-bond acceptors (Lipinski definition) is 4. The molecule has 0 atom stereocenters. The normalized spacial score (nSPS) is 11.7. The van der Waals surface area contributed by atoms with Crippen LogP contribution >= 0.6 is 0 Å². The summed E-state index contributed by atoms with van der Waals surface area (Å²) in [5.41, 5.74) is 1.59. The van der Waals surface area contributed by atoms with E-state index >= 15 is 0 Å². The van der Waals surface area contributed by atoms with E-state index in [2.05, 4.69) is 19.4 Å². The molecule has 0 spiro atoms. The number of aryl methyl sites for hydroxylation is 1. The van der Waals surface area contributed by atoms with Crippen molar-refractivity contribution in [1.29, 1.82) is 0 Å². The highest BCUT2D eigenvalue weighted by Gasteiger charge is 2.31. The smallest absolute Gasteiger partial charge is 0.477 e. The summed E-state index contributed by atoms with van der Waals surface area (Å²) in [5.74, 6) is 0.106. The Bertz CT molecular complexity index is 1090. The van der Waals surface area contributed by atoms with Crippen LogP contribution in [-0.2, 0) is 6.54 Å². The van der Waals surface area contributed by atoms with Crippen LogP contribution in [0.3, 0.4) is 0 Å². The Hall–Kier alpha value is -3.49. The molecule has 150 valence electrons. The number of imidazole rings is 1. The summed E-state index contributed by atoms with van der Waals surface area (Å²) >= 11 is 0. The molecule has 6 nitrogen and oxygen atoms in total. The Balaban J connectivity index is 1.50. The molecule has 0 fully saturated rings. The Labute approximate surface area is 164 Å².